The zero-order valence-corrected chi connectivity index (χ0v) is 14.6. The van der Waals surface area contributed by atoms with Gasteiger partial charge in [0.25, 0.3) is 0 Å². The van der Waals surface area contributed by atoms with E-state index in [2.05, 4.69) is 11.2 Å². The van der Waals surface area contributed by atoms with Crippen LogP contribution in [0.2, 0.25) is 0 Å². The highest BCUT2D eigenvalue weighted by Gasteiger charge is 2.43. The number of aryl methyl sites for hydroxylation is 2. The first-order chi connectivity index (χ1) is 11.2. The van der Waals surface area contributed by atoms with Gasteiger partial charge in [0.15, 0.2) is 5.78 Å². The van der Waals surface area contributed by atoms with E-state index in [1.165, 1.54) is 0 Å². The molecule has 4 nitrogen and oxygen atoms in total. The van der Waals surface area contributed by atoms with E-state index in [0.29, 0.717) is 0 Å². The molecule has 0 heterocycles. The molecule has 0 bridgehead atoms. The summed E-state index contributed by atoms with van der Waals surface area (Å²) in [5, 5.41) is 2.77. The lowest BCUT2D eigenvalue weighted by Gasteiger charge is -2.16. The van der Waals surface area contributed by atoms with Gasteiger partial charge in [-0.25, -0.2) is 0 Å². The summed E-state index contributed by atoms with van der Waals surface area (Å²) >= 11 is 0. The van der Waals surface area contributed by atoms with Crippen molar-refractivity contribution in [2.24, 2.45) is 5.92 Å². The fourth-order valence-electron chi connectivity index (χ4n) is 3.45. The molecule has 4 heteroatoms. The summed E-state index contributed by atoms with van der Waals surface area (Å²) in [6.07, 6.45) is 5.63. The summed E-state index contributed by atoms with van der Waals surface area (Å²) in [6.45, 7) is 7.45. The second-order valence-electron chi connectivity index (χ2n) is 6.80. The standard InChI is InChI=1S/C20H23NO3/c1-6-14-7-12(4)18(13(5)8-14)19-16(22)9-15(20(19)24)10-17(23)21-11(2)3/h1,7-8,11,15,19H,9-10H2,2-5H3,(H,21,23). The van der Waals surface area contributed by atoms with E-state index in [4.69, 9.17) is 6.42 Å². The van der Waals surface area contributed by atoms with Crippen LogP contribution in [0.1, 0.15) is 54.9 Å². The molecule has 126 valence electrons. The lowest BCUT2D eigenvalue weighted by Crippen LogP contribution is -2.32. The summed E-state index contributed by atoms with van der Waals surface area (Å²) in [7, 11) is 0. The van der Waals surface area contributed by atoms with Crippen molar-refractivity contribution in [3.63, 3.8) is 0 Å². The molecular weight excluding hydrogens is 302 g/mol. The van der Waals surface area contributed by atoms with E-state index in [9.17, 15) is 14.4 Å². The zero-order valence-electron chi connectivity index (χ0n) is 14.6. The molecule has 0 saturated heterocycles. The highest BCUT2D eigenvalue weighted by Crippen LogP contribution is 2.37. The van der Waals surface area contributed by atoms with Gasteiger partial charge in [0.2, 0.25) is 5.91 Å². The maximum Gasteiger partial charge on any atom is 0.220 e. The molecule has 0 aliphatic heterocycles. The highest BCUT2D eigenvalue weighted by atomic mass is 16.2. The third kappa shape index (κ3) is 3.56. The minimum atomic E-state index is -0.770. The first-order valence-corrected chi connectivity index (χ1v) is 8.18. The smallest absolute Gasteiger partial charge is 0.220 e. The third-order valence-corrected chi connectivity index (χ3v) is 4.39. The molecule has 1 aliphatic rings. The summed E-state index contributed by atoms with van der Waals surface area (Å²) in [5.41, 5.74) is 3.18. The van der Waals surface area contributed by atoms with Crippen LogP contribution in [0.4, 0.5) is 0 Å². The molecular formula is C20H23NO3. The second-order valence-corrected chi connectivity index (χ2v) is 6.80. The van der Waals surface area contributed by atoms with Crippen LogP contribution in [0.25, 0.3) is 0 Å². The van der Waals surface area contributed by atoms with Crippen molar-refractivity contribution in [1.82, 2.24) is 5.32 Å². The van der Waals surface area contributed by atoms with Crippen molar-refractivity contribution in [2.45, 2.75) is 52.5 Å². The number of carbonyl (C=O) groups excluding carboxylic acids is 3. The van der Waals surface area contributed by atoms with Crippen molar-refractivity contribution >= 4 is 17.5 Å². The quantitative estimate of drug-likeness (QED) is 0.683. The van der Waals surface area contributed by atoms with Gasteiger partial charge < -0.3 is 5.32 Å². The van der Waals surface area contributed by atoms with E-state index < -0.39 is 11.8 Å². The average molecular weight is 325 g/mol. The van der Waals surface area contributed by atoms with Gasteiger partial charge in [0.05, 0.1) is 0 Å². The summed E-state index contributed by atoms with van der Waals surface area (Å²) in [5.74, 6) is 0.824. The summed E-state index contributed by atoms with van der Waals surface area (Å²) in [4.78, 5) is 37.1. The SMILES string of the molecule is C#Cc1cc(C)c(C2C(=O)CC(CC(=O)NC(C)C)C2=O)c(C)c1. The Kier molecular flexibility index (Phi) is 5.23. The minimum absolute atomic E-state index is 0.0151. The Bertz CT molecular complexity index is 717. The van der Waals surface area contributed by atoms with Gasteiger partial charge in [-0.15, -0.1) is 6.42 Å². The molecule has 0 aromatic heterocycles. The van der Waals surface area contributed by atoms with E-state index in [1.54, 1.807) is 0 Å². The number of ketones is 2. The normalized spacial score (nSPS) is 20.3. The van der Waals surface area contributed by atoms with Gasteiger partial charge in [0.1, 0.15) is 11.7 Å². The van der Waals surface area contributed by atoms with Crippen LogP contribution < -0.4 is 5.32 Å². The molecule has 1 aromatic rings. The Morgan fingerprint density at radius 1 is 1.29 bits per heavy atom. The lowest BCUT2D eigenvalue weighted by atomic mass is 9.86. The number of hydrogen-bond donors (Lipinski definition) is 1. The largest absolute Gasteiger partial charge is 0.354 e. The van der Waals surface area contributed by atoms with Crippen LogP contribution >= 0.6 is 0 Å². The monoisotopic (exact) mass is 325 g/mol. The number of hydrogen-bond acceptors (Lipinski definition) is 3. The first kappa shape index (κ1) is 17.9. The molecule has 1 saturated carbocycles. The zero-order chi connectivity index (χ0) is 18.0. The van der Waals surface area contributed by atoms with Gasteiger partial charge in [-0.2, -0.15) is 0 Å². The van der Waals surface area contributed by atoms with Gasteiger partial charge in [-0.3, -0.25) is 14.4 Å². The van der Waals surface area contributed by atoms with Gasteiger partial charge in [0, 0.05) is 30.4 Å². The van der Waals surface area contributed by atoms with E-state index in [0.717, 1.165) is 22.3 Å². The van der Waals surface area contributed by atoms with Crippen LogP contribution in [0.15, 0.2) is 12.1 Å². The third-order valence-electron chi connectivity index (χ3n) is 4.39. The molecule has 1 aromatic carbocycles. The number of carbonyl (C=O) groups is 3. The number of rotatable bonds is 4. The molecule has 0 spiro atoms. The van der Waals surface area contributed by atoms with Crippen LogP contribution in [-0.4, -0.2) is 23.5 Å². The molecule has 2 unspecified atom stereocenters. The van der Waals surface area contributed by atoms with Crippen molar-refractivity contribution < 1.29 is 14.4 Å². The van der Waals surface area contributed by atoms with Gasteiger partial charge in [-0.05, 0) is 56.5 Å². The Labute approximate surface area is 143 Å². The van der Waals surface area contributed by atoms with Crippen LogP contribution in [0.5, 0.6) is 0 Å². The maximum absolute atomic E-state index is 12.8. The number of benzene rings is 1. The lowest BCUT2D eigenvalue weighted by molar-refractivity contribution is -0.128. The second kappa shape index (κ2) is 7.00. The molecule has 0 radical (unpaired) electrons. The van der Waals surface area contributed by atoms with E-state index in [-0.39, 0.29) is 36.4 Å². The Morgan fingerprint density at radius 2 is 1.88 bits per heavy atom. The summed E-state index contributed by atoms with van der Waals surface area (Å²) < 4.78 is 0. The van der Waals surface area contributed by atoms with Gasteiger partial charge >= 0.3 is 0 Å². The van der Waals surface area contributed by atoms with Crippen molar-refractivity contribution in [1.29, 1.82) is 0 Å². The molecule has 1 N–H and O–H groups in total. The first-order valence-electron chi connectivity index (χ1n) is 8.18. The average Bonchev–Trinajstić information content (AvgIpc) is 2.73. The fraction of sp³-hybridized carbons (Fsp3) is 0.450. The topological polar surface area (TPSA) is 63.2 Å². The van der Waals surface area contributed by atoms with Crippen molar-refractivity contribution in [3.8, 4) is 12.3 Å². The Hall–Kier alpha value is -2.41. The fourth-order valence-corrected chi connectivity index (χ4v) is 3.45. The number of nitrogens with one attached hydrogen (secondary N) is 1. The molecule has 2 atom stereocenters. The molecule has 24 heavy (non-hydrogen) atoms. The molecule has 2 rings (SSSR count). The highest BCUT2D eigenvalue weighted by molar-refractivity contribution is 6.15. The number of Topliss-reactive ketones (excluding diaryl/α,β-unsaturated/α-hetero) is 2. The molecule has 1 amide bonds. The van der Waals surface area contributed by atoms with E-state index in [1.807, 2.05) is 39.8 Å². The van der Waals surface area contributed by atoms with E-state index >= 15 is 0 Å². The number of terminal acetylenes is 1. The van der Waals surface area contributed by atoms with Crippen LogP contribution in [-0.2, 0) is 14.4 Å². The van der Waals surface area contributed by atoms with Crippen molar-refractivity contribution in [3.05, 3.63) is 34.4 Å². The maximum atomic E-state index is 12.8. The minimum Gasteiger partial charge on any atom is -0.354 e. The molecule has 1 fully saturated rings. The summed E-state index contributed by atoms with van der Waals surface area (Å²) in [6, 6.07) is 3.66. The Balaban J connectivity index is 2.27. The number of amides is 1. The van der Waals surface area contributed by atoms with Crippen molar-refractivity contribution in [2.75, 3.05) is 0 Å². The van der Waals surface area contributed by atoms with Gasteiger partial charge in [-0.1, -0.05) is 5.92 Å². The van der Waals surface area contributed by atoms with Crippen LogP contribution in [0, 0.1) is 32.1 Å². The van der Waals surface area contributed by atoms with Crippen LogP contribution in [0.3, 0.4) is 0 Å². The predicted molar refractivity (Wildman–Crippen MR) is 92.6 cm³/mol. The Morgan fingerprint density at radius 3 is 2.38 bits per heavy atom. The molecule has 1 aliphatic carbocycles. The predicted octanol–water partition coefficient (Wildman–Crippen LogP) is 2.44.